The molecule has 0 unspecified atom stereocenters. The van der Waals surface area contributed by atoms with Crippen molar-refractivity contribution < 1.29 is 19.4 Å². The largest absolute Gasteiger partial charge is 0.461 e. The smallest absolute Gasteiger partial charge is 0.320 e. The molecule has 6 fully saturated rings. The van der Waals surface area contributed by atoms with Crippen LogP contribution in [0.4, 0.5) is 0 Å². The number of hydrogen-bond donors (Lipinski definition) is 1. The first-order valence-electron chi connectivity index (χ1n) is 17.9. The van der Waals surface area contributed by atoms with Crippen molar-refractivity contribution in [2.75, 3.05) is 19.6 Å². The average molecular weight is 622 g/mol. The molecule has 0 aromatic heterocycles. The molecule has 2 aliphatic heterocycles. The van der Waals surface area contributed by atoms with Gasteiger partial charge in [-0.2, -0.15) is 0 Å². The minimum atomic E-state index is -0.273. The van der Waals surface area contributed by atoms with Gasteiger partial charge in [0, 0.05) is 5.41 Å². The summed E-state index contributed by atoms with van der Waals surface area (Å²) in [5, 5.41) is 12.2. The number of hydrogen-bond acceptors (Lipinski definition) is 5. The predicted octanol–water partition coefficient (Wildman–Crippen LogP) is 8.20. The first-order valence-corrected chi connectivity index (χ1v) is 17.9. The summed E-state index contributed by atoms with van der Waals surface area (Å²) in [7, 11) is 0. The molecular formula is C37H64ClNO4. The van der Waals surface area contributed by atoms with Crippen LogP contribution in [0.25, 0.3) is 0 Å². The number of halogens is 1. The van der Waals surface area contributed by atoms with Crippen molar-refractivity contribution >= 4 is 18.4 Å². The third kappa shape index (κ3) is 5.35. The molecule has 0 spiro atoms. The SMILES string of the molecule is CC1(C)CCC[C@](C)([C@H]2CC[C@]3(C)[C@@H]2[C@H](O)C[C@@H]2[C@@]4(C)CC[C@H](OC(=O)CN5CCCCC5)C(C)(C)[C@@H]4CC[C@]23C)O1.Cl. The Kier molecular flexibility index (Phi) is 9.02. The maximum atomic E-state index is 13.1. The van der Waals surface area contributed by atoms with E-state index in [1.807, 2.05) is 0 Å². The number of ether oxygens (including phenoxy) is 2. The van der Waals surface area contributed by atoms with E-state index in [2.05, 4.69) is 60.3 Å². The molecule has 10 atom stereocenters. The van der Waals surface area contributed by atoms with Gasteiger partial charge < -0.3 is 14.6 Å². The van der Waals surface area contributed by atoms with Crippen LogP contribution < -0.4 is 0 Å². The summed E-state index contributed by atoms with van der Waals surface area (Å²) in [6.07, 6.45) is 14.6. The lowest BCUT2D eigenvalue weighted by molar-refractivity contribution is -0.259. The molecule has 43 heavy (non-hydrogen) atoms. The summed E-state index contributed by atoms with van der Waals surface area (Å²) in [6.45, 7) is 21.9. The molecule has 0 bridgehead atoms. The van der Waals surface area contributed by atoms with Gasteiger partial charge >= 0.3 is 5.97 Å². The van der Waals surface area contributed by atoms with Crippen molar-refractivity contribution in [3.63, 3.8) is 0 Å². The highest BCUT2D eigenvalue weighted by Gasteiger charge is 2.72. The number of carbonyl (C=O) groups excluding carboxylic acids is 1. The summed E-state index contributed by atoms with van der Waals surface area (Å²) >= 11 is 0. The minimum absolute atomic E-state index is 0. The molecule has 4 saturated carbocycles. The molecule has 5 nitrogen and oxygen atoms in total. The normalized spacial score (nSPS) is 49.1. The highest BCUT2D eigenvalue weighted by atomic mass is 35.5. The number of carbonyl (C=O) groups is 1. The minimum Gasteiger partial charge on any atom is -0.461 e. The zero-order valence-electron chi connectivity index (χ0n) is 28.8. The van der Waals surface area contributed by atoms with Crippen LogP contribution in [-0.2, 0) is 14.3 Å². The standard InChI is InChI=1S/C37H63NO4.ClH/c1-32(2)16-12-17-37(8,42-32)25-13-19-36(7)31(25)26(39)23-28-34(5)18-15-29(33(3,4)27(34)14-20-35(28,36)6)41-30(40)24-38-21-10-9-11-22-38;/h25-29,31,39H,9-24H2,1-8H3;1H/t25-,26+,27-,28+,29-,31-,34-,35+,36+,37+;/m0./s1. The lowest BCUT2D eigenvalue weighted by Gasteiger charge is -2.70. The molecule has 6 rings (SSSR count). The van der Waals surface area contributed by atoms with Crippen LogP contribution >= 0.6 is 12.4 Å². The van der Waals surface area contributed by atoms with E-state index in [4.69, 9.17) is 9.47 Å². The Morgan fingerprint density at radius 3 is 2.16 bits per heavy atom. The predicted molar refractivity (Wildman–Crippen MR) is 175 cm³/mol. The maximum absolute atomic E-state index is 13.1. The zero-order chi connectivity index (χ0) is 30.3. The van der Waals surface area contributed by atoms with Gasteiger partial charge in [0.1, 0.15) is 6.10 Å². The number of aliphatic hydroxyl groups excluding tert-OH is 1. The Morgan fingerprint density at radius 2 is 1.49 bits per heavy atom. The molecular weight excluding hydrogens is 558 g/mol. The topological polar surface area (TPSA) is 59.0 Å². The second-order valence-electron chi connectivity index (χ2n) is 18.2. The summed E-state index contributed by atoms with van der Waals surface area (Å²) < 4.78 is 13.3. The first-order chi connectivity index (χ1) is 19.6. The molecule has 1 N–H and O–H groups in total. The fourth-order valence-electron chi connectivity index (χ4n) is 13.0. The van der Waals surface area contributed by atoms with Crippen LogP contribution in [0.1, 0.15) is 139 Å². The van der Waals surface area contributed by atoms with Crippen molar-refractivity contribution in [3.05, 3.63) is 0 Å². The van der Waals surface area contributed by atoms with Gasteiger partial charge in [-0.1, -0.05) is 41.0 Å². The number of fused-ring (bicyclic) bond motifs is 5. The van der Waals surface area contributed by atoms with E-state index in [1.165, 1.54) is 51.4 Å². The highest BCUT2D eigenvalue weighted by Crippen LogP contribution is 2.76. The van der Waals surface area contributed by atoms with Crippen LogP contribution in [0, 0.1) is 45.3 Å². The molecule has 6 heteroatoms. The quantitative estimate of drug-likeness (QED) is 0.321. The van der Waals surface area contributed by atoms with Crippen LogP contribution in [0.3, 0.4) is 0 Å². The van der Waals surface area contributed by atoms with Crippen molar-refractivity contribution in [2.45, 2.75) is 162 Å². The Bertz CT molecular complexity index is 1040. The van der Waals surface area contributed by atoms with Gasteiger partial charge in [-0.3, -0.25) is 9.69 Å². The van der Waals surface area contributed by atoms with Gasteiger partial charge in [-0.15, -0.1) is 12.4 Å². The molecule has 6 aliphatic rings. The van der Waals surface area contributed by atoms with Crippen molar-refractivity contribution in [2.24, 2.45) is 45.3 Å². The lowest BCUT2D eigenvalue weighted by atomic mass is 9.35. The van der Waals surface area contributed by atoms with Gasteiger partial charge in [-0.05, 0) is 151 Å². The van der Waals surface area contributed by atoms with E-state index in [0.717, 1.165) is 45.2 Å². The fraction of sp³-hybridized carbons (Fsp3) is 0.973. The molecule has 0 radical (unpaired) electrons. The van der Waals surface area contributed by atoms with Crippen molar-refractivity contribution in [1.82, 2.24) is 4.90 Å². The summed E-state index contributed by atoms with van der Waals surface area (Å²) in [5.41, 5.74) is 0.169. The number of likely N-dealkylation sites (tertiary alicyclic amines) is 1. The Balaban J connectivity index is 0.00000368. The van der Waals surface area contributed by atoms with E-state index < -0.39 is 0 Å². The van der Waals surface area contributed by atoms with Gasteiger partial charge in [0.2, 0.25) is 0 Å². The second kappa shape index (κ2) is 11.4. The lowest BCUT2D eigenvalue weighted by Crippen LogP contribution is -2.67. The third-order valence-electron chi connectivity index (χ3n) is 15.1. The van der Waals surface area contributed by atoms with Crippen LogP contribution in [0.2, 0.25) is 0 Å². The first kappa shape index (κ1) is 34.0. The number of aliphatic hydroxyl groups is 1. The van der Waals surface area contributed by atoms with Crippen LogP contribution in [-0.4, -0.2) is 59.0 Å². The van der Waals surface area contributed by atoms with E-state index in [-0.39, 0.29) is 63.4 Å². The summed E-state index contributed by atoms with van der Waals surface area (Å²) in [5.74, 6) is 1.68. The molecule has 0 aromatic carbocycles. The van der Waals surface area contributed by atoms with E-state index >= 15 is 0 Å². The van der Waals surface area contributed by atoms with E-state index in [0.29, 0.717) is 30.2 Å². The third-order valence-corrected chi connectivity index (χ3v) is 15.1. The number of piperidine rings is 1. The fourth-order valence-corrected chi connectivity index (χ4v) is 13.0. The molecule has 248 valence electrons. The number of rotatable bonds is 4. The molecule has 0 aromatic rings. The summed E-state index contributed by atoms with van der Waals surface area (Å²) in [6, 6.07) is 0. The van der Waals surface area contributed by atoms with Gasteiger partial charge in [0.25, 0.3) is 0 Å². The number of nitrogens with zero attached hydrogens (tertiary/aromatic N) is 1. The van der Waals surface area contributed by atoms with Crippen molar-refractivity contribution in [3.8, 4) is 0 Å². The van der Waals surface area contributed by atoms with E-state index in [9.17, 15) is 9.90 Å². The van der Waals surface area contributed by atoms with Crippen LogP contribution in [0.15, 0.2) is 0 Å². The average Bonchev–Trinajstić information content (AvgIpc) is 3.28. The Labute approximate surface area is 269 Å². The highest BCUT2D eigenvalue weighted by molar-refractivity contribution is 5.85. The summed E-state index contributed by atoms with van der Waals surface area (Å²) in [4.78, 5) is 15.4. The van der Waals surface area contributed by atoms with E-state index in [1.54, 1.807) is 0 Å². The maximum Gasteiger partial charge on any atom is 0.320 e. The van der Waals surface area contributed by atoms with Gasteiger partial charge in [-0.25, -0.2) is 0 Å². The Morgan fingerprint density at radius 1 is 0.814 bits per heavy atom. The van der Waals surface area contributed by atoms with Crippen LogP contribution in [0.5, 0.6) is 0 Å². The zero-order valence-corrected chi connectivity index (χ0v) is 29.6. The number of esters is 1. The monoisotopic (exact) mass is 621 g/mol. The Hall–Kier alpha value is -0.360. The molecule has 4 aliphatic carbocycles. The van der Waals surface area contributed by atoms with Gasteiger partial charge in [0.05, 0.1) is 23.9 Å². The molecule has 2 heterocycles. The van der Waals surface area contributed by atoms with Crippen molar-refractivity contribution in [1.29, 1.82) is 0 Å². The van der Waals surface area contributed by atoms with Gasteiger partial charge in [0.15, 0.2) is 0 Å². The molecule has 2 saturated heterocycles. The molecule has 0 amide bonds. The second-order valence-corrected chi connectivity index (χ2v) is 18.2.